The molecule has 3 fully saturated rings. The highest BCUT2D eigenvalue weighted by atomic mass is 79.9. The van der Waals surface area contributed by atoms with Gasteiger partial charge in [0.2, 0.25) is 0 Å². The van der Waals surface area contributed by atoms with E-state index >= 15 is 0 Å². The van der Waals surface area contributed by atoms with Crippen LogP contribution in [0.5, 0.6) is 0 Å². The summed E-state index contributed by atoms with van der Waals surface area (Å²) in [6.07, 6.45) is 3.84. The zero-order chi connectivity index (χ0) is 70.1. The summed E-state index contributed by atoms with van der Waals surface area (Å²) in [5.41, 5.74) is 0.374. The van der Waals surface area contributed by atoms with Gasteiger partial charge < -0.3 is 55.3 Å². The van der Waals surface area contributed by atoms with Crippen LogP contribution in [0, 0.1) is 20.2 Å². The number of halogens is 1. The predicted octanol–water partition coefficient (Wildman–Crippen LogP) is 15.7. The van der Waals surface area contributed by atoms with Crippen LogP contribution in [0.3, 0.4) is 0 Å². The van der Waals surface area contributed by atoms with Crippen molar-refractivity contribution in [2.45, 2.75) is 312 Å². The molecule has 0 aliphatic carbocycles. The lowest BCUT2D eigenvalue weighted by molar-refractivity contribution is -0.389. The Hall–Kier alpha value is -6.10. The molecule has 3 aliphatic rings. The summed E-state index contributed by atoms with van der Waals surface area (Å²) in [6.45, 7) is 67.4. The van der Waals surface area contributed by atoms with Gasteiger partial charge in [-0.15, -0.1) is 0 Å². The van der Waals surface area contributed by atoms with Gasteiger partial charge in [-0.1, -0.05) is 0 Å². The van der Waals surface area contributed by atoms with Crippen LogP contribution in [-0.2, 0) is 14.2 Å². The summed E-state index contributed by atoms with van der Waals surface area (Å²) in [5.74, 6) is 0.161. The van der Waals surface area contributed by atoms with Gasteiger partial charge in [0.05, 0.1) is 77.4 Å². The maximum atomic E-state index is 13.4. The van der Waals surface area contributed by atoms with E-state index in [1.165, 1.54) is 24.5 Å². The molecule has 3 aromatic heterocycles. The number of hydrogen-bond donors (Lipinski definition) is 2. The highest BCUT2D eigenvalue weighted by Crippen LogP contribution is 2.55. The maximum absolute atomic E-state index is 13.4. The number of ether oxygens (including phenoxy) is 3. The molecule has 0 unspecified atom stereocenters. The normalized spacial score (nSPS) is 21.8. The zero-order valence-electron chi connectivity index (χ0n) is 60.2. The van der Waals surface area contributed by atoms with Crippen molar-refractivity contribution in [2.24, 2.45) is 0 Å². The van der Waals surface area contributed by atoms with E-state index < -0.39 is 71.0 Å². The number of piperazine rings is 3. The molecule has 0 radical (unpaired) electrons. The first-order valence-electron chi connectivity index (χ1n) is 30.4. The van der Waals surface area contributed by atoms with Crippen LogP contribution in [-0.4, -0.2) is 141 Å². The average Bonchev–Trinajstić information content (AvgIpc) is 0.714. The minimum absolute atomic E-state index is 0.136. The molecular formula is C66H111BrN12O10. The van der Waals surface area contributed by atoms with E-state index in [4.69, 9.17) is 19.9 Å². The summed E-state index contributed by atoms with van der Waals surface area (Å²) in [7, 11) is 0. The quantitative estimate of drug-likeness (QED) is 0.140. The van der Waals surface area contributed by atoms with Gasteiger partial charge in [-0.2, -0.15) is 0 Å². The highest BCUT2D eigenvalue weighted by molar-refractivity contribution is 9.10. The Labute approximate surface area is 541 Å². The number of hydrogen-bond acceptors (Lipinski definition) is 17. The van der Waals surface area contributed by atoms with Crippen LogP contribution in [0.4, 0.5) is 43.2 Å². The molecule has 3 N–H and O–H groups in total. The molecule has 0 bridgehead atoms. The Morgan fingerprint density at radius 1 is 0.427 bits per heavy atom. The van der Waals surface area contributed by atoms with Gasteiger partial charge in [0.15, 0.2) is 12.4 Å². The fraction of sp³-hybridized carbons (Fsp3) is 0.727. The summed E-state index contributed by atoms with van der Waals surface area (Å²) in [5, 5.41) is 24.8. The van der Waals surface area contributed by atoms with Gasteiger partial charge in [0.1, 0.15) is 22.6 Å². The summed E-state index contributed by atoms with van der Waals surface area (Å²) in [6, 6.07) is 9.88. The van der Waals surface area contributed by atoms with Crippen molar-refractivity contribution in [1.29, 1.82) is 0 Å². The molecule has 3 aromatic rings. The van der Waals surface area contributed by atoms with Crippen molar-refractivity contribution in [1.82, 2.24) is 35.0 Å². The number of nitro groups is 2. The van der Waals surface area contributed by atoms with E-state index in [-0.39, 0.29) is 52.1 Å². The van der Waals surface area contributed by atoms with E-state index in [2.05, 4.69) is 184 Å². The summed E-state index contributed by atoms with van der Waals surface area (Å²) in [4.78, 5) is 81.9. The van der Waals surface area contributed by atoms with Crippen LogP contribution in [0.1, 0.15) is 228 Å². The second-order valence-corrected chi connectivity index (χ2v) is 33.7. The molecule has 0 atom stereocenters. The smallest absolute Gasteiger partial charge is 0.411 e. The monoisotopic (exact) mass is 1310 g/mol. The van der Waals surface area contributed by atoms with Crippen molar-refractivity contribution in [3.8, 4) is 0 Å². The first-order chi connectivity index (χ1) is 39.3. The molecule has 0 saturated carbocycles. The first-order valence-corrected chi connectivity index (χ1v) is 31.2. The van der Waals surface area contributed by atoms with Crippen molar-refractivity contribution in [3.05, 3.63) is 79.7 Å². The number of nitrogen functional groups attached to an aromatic ring is 1. The molecule has 6 heterocycles. The van der Waals surface area contributed by atoms with Crippen LogP contribution < -0.4 is 20.9 Å². The Morgan fingerprint density at radius 3 is 0.910 bits per heavy atom. The lowest BCUT2D eigenvalue weighted by Gasteiger charge is -2.71. The number of nitrogens with one attached hydrogen (secondary N) is 1. The molecule has 89 heavy (non-hydrogen) atoms. The third-order valence-electron chi connectivity index (χ3n) is 20.1. The Kier molecular flexibility index (Phi) is 21.2. The fourth-order valence-electron chi connectivity index (χ4n) is 12.5. The number of pyridine rings is 3. The van der Waals surface area contributed by atoms with E-state index in [0.717, 1.165) is 15.8 Å². The van der Waals surface area contributed by atoms with Gasteiger partial charge >= 0.3 is 29.9 Å². The maximum Gasteiger partial charge on any atom is 0.411 e. The van der Waals surface area contributed by atoms with E-state index in [9.17, 15) is 34.6 Å². The molecule has 502 valence electrons. The van der Waals surface area contributed by atoms with Gasteiger partial charge in [-0.05, 0) is 288 Å². The summed E-state index contributed by atoms with van der Waals surface area (Å²) >= 11 is 3.11. The molecule has 3 aliphatic heterocycles. The molecular weight excluding hydrogens is 1200 g/mol. The number of aromatic nitrogens is 3. The van der Waals surface area contributed by atoms with Crippen molar-refractivity contribution in [2.75, 3.05) is 15.5 Å². The molecule has 3 saturated heterocycles. The Bertz CT molecular complexity index is 2960. The molecule has 22 nitrogen and oxygen atoms in total. The zero-order valence-corrected chi connectivity index (χ0v) is 61.8. The third kappa shape index (κ3) is 15.0. The minimum Gasteiger partial charge on any atom is -0.444 e. The number of anilines is 3. The van der Waals surface area contributed by atoms with Gasteiger partial charge in [0.25, 0.3) is 0 Å². The van der Waals surface area contributed by atoms with Gasteiger partial charge in [0, 0.05) is 23.2 Å². The second kappa shape index (κ2) is 24.5. The third-order valence-corrected chi connectivity index (χ3v) is 20.6. The van der Waals surface area contributed by atoms with Gasteiger partial charge in [-0.25, -0.2) is 19.4 Å². The SMILES string of the molecule is CC(C)(C)OC(=O)N1C(C)(C)C(C)(C)N(c2ccc(N)nc2)C(C)(C)C1(C)C.CC(C)(C)OC(=O)N1C(C)(C)C(C)(C)N(c2ccc([N+](=O)[O-])nc2)C(C)(C)C1(C)C.CC(C)(C)OC(=O)N1C(C)(C)C(C)(C)NC(C)(C)C1(C)C.O=[N+]([O-])c1ccc(Br)cn1. The van der Waals surface area contributed by atoms with Crippen LogP contribution in [0.15, 0.2) is 59.5 Å². The first kappa shape index (κ1) is 77.1. The number of nitrogens with two attached hydrogens (primary N) is 1. The average molecular weight is 1310 g/mol. The van der Waals surface area contributed by atoms with E-state index in [0.29, 0.717) is 5.82 Å². The van der Waals surface area contributed by atoms with Crippen molar-refractivity contribution in [3.63, 3.8) is 0 Å². The Morgan fingerprint density at radius 2 is 0.685 bits per heavy atom. The Balaban J connectivity index is 0.000000327. The largest absolute Gasteiger partial charge is 0.444 e. The number of carbonyl (C=O) groups excluding carboxylic acids is 3. The fourth-order valence-corrected chi connectivity index (χ4v) is 12.8. The standard InChI is InChI=1S/C22H36N4O4.C22H38N4O2.C17H34N2O2.C5H3BrN2O2/c1-18(2,3)30-17(27)25-21(8,9)19(4,5)24(20(6,7)22(25,10)11)15-12-13-16(23-14-15)26(28)29;1-18(2,3)28-17(27)26-21(8,9)19(4,5)25(20(6,7)22(26,10)11)15-12-13-16(23)24-14-15;1-13(2,3)21-12(20)19-16(8,9)14(4,5)18-15(6,7)17(19,10)11;6-4-1-2-5(7-3-4)8(9)10/h12-14H,1-11H3;12-14H,1-11H3,(H2,23,24);18H,1-11H3;1-3H. The second-order valence-electron chi connectivity index (χ2n) is 32.7. The van der Waals surface area contributed by atoms with Crippen molar-refractivity contribution >= 4 is 63.0 Å². The molecule has 6 rings (SSSR count). The number of amides is 3. The number of carbonyl (C=O) groups is 3. The molecule has 0 aromatic carbocycles. The minimum atomic E-state index is -0.643. The lowest BCUT2D eigenvalue weighted by atomic mass is 9.65. The topological polar surface area (TPSA) is 258 Å². The molecule has 23 heteroatoms. The number of rotatable bonds is 4. The van der Waals surface area contributed by atoms with Gasteiger partial charge in [-0.3, -0.25) is 14.7 Å². The van der Waals surface area contributed by atoms with Crippen LogP contribution in [0.25, 0.3) is 0 Å². The predicted molar refractivity (Wildman–Crippen MR) is 359 cm³/mol. The van der Waals surface area contributed by atoms with E-state index in [1.807, 2.05) is 123 Å². The lowest BCUT2D eigenvalue weighted by Crippen LogP contribution is -2.85. The summed E-state index contributed by atoms with van der Waals surface area (Å²) < 4.78 is 18.1. The highest BCUT2D eigenvalue weighted by Gasteiger charge is 2.68. The van der Waals surface area contributed by atoms with Crippen LogP contribution >= 0.6 is 15.9 Å². The number of nitrogens with zero attached hydrogens (tertiary/aromatic N) is 10. The van der Waals surface area contributed by atoms with E-state index in [1.54, 1.807) is 12.1 Å². The van der Waals surface area contributed by atoms with Crippen LogP contribution in [0.2, 0.25) is 0 Å². The molecule has 0 spiro atoms. The van der Waals surface area contributed by atoms with Crippen molar-refractivity contribution < 1.29 is 38.4 Å². The molecule has 3 amide bonds.